The van der Waals surface area contributed by atoms with E-state index in [1.54, 1.807) is 4.90 Å². The van der Waals surface area contributed by atoms with Gasteiger partial charge in [-0.05, 0) is 19.3 Å². The van der Waals surface area contributed by atoms with Gasteiger partial charge in [0.05, 0.1) is 12.0 Å². The molecule has 94 valence electrons. The Morgan fingerprint density at radius 2 is 2.00 bits per heavy atom. The summed E-state index contributed by atoms with van der Waals surface area (Å²) in [7, 11) is 0. The molecule has 1 unspecified atom stereocenters. The summed E-state index contributed by atoms with van der Waals surface area (Å²) < 4.78 is 0. The third kappa shape index (κ3) is 2.04. The number of carbonyl (C=O) groups is 2. The first-order valence-corrected chi connectivity index (χ1v) is 6.41. The molecule has 1 saturated carbocycles. The molecule has 17 heavy (non-hydrogen) atoms. The summed E-state index contributed by atoms with van der Waals surface area (Å²) in [6.07, 6.45) is 2.83. The lowest BCUT2D eigenvalue weighted by atomic mass is 10.1. The highest BCUT2D eigenvalue weighted by atomic mass is 16.3. The van der Waals surface area contributed by atoms with Crippen LogP contribution in [0.5, 0.6) is 0 Å². The van der Waals surface area contributed by atoms with Crippen LogP contribution in [0.25, 0.3) is 0 Å². The smallest absolute Gasteiger partial charge is 0.228 e. The molecule has 2 heterocycles. The molecule has 3 aliphatic rings. The van der Waals surface area contributed by atoms with Crippen molar-refractivity contribution in [3.8, 4) is 0 Å². The molecule has 1 N–H and O–H groups in total. The molecule has 2 aliphatic heterocycles. The highest BCUT2D eigenvalue weighted by Crippen LogP contribution is 2.33. The third-order valence-electron chi connectivity index (χ3n) is 3.97. The Morgan fingerprint density at radius 3 is 2.59 bits per heavy atom. The molecule has 2 saturated heterocycles. The number of likely N-dealkylation sites (tertiary alicyclic amines) is 2. The van der Waals surface area contributed by atoms with E-state index in [0.29, 0.717) is 38.5 Å². The SMILES string of the molecule is O=C(C1CC(=O)N(C2CC2)C1)N1CC[C@@H](O)C1. The van der Waals surface area contributed by atoms with Crippen molar-refractivity contribution in [2.75, 3.05) is 19.6 Å². The maximum absolute atomic E-state index is 12.2. The van der Waals surface area contributed by atoms with Gasteiger partial charge in [-0.3, -0.25) is 9.59 Å². The highest BCUT2D eigenvalue weighted by molar-refractivity contribution is 5.89. The average molecular weight is 238 g/mol. The maximum atomic E-state index is 12.2. The Hall–Kier alpha value is -1.10. The molecule has 0 bridgehead atoms. The first kappa shape index (κ1) is 11.0. The normalized spacial score (nSPS) is 33.6. The van der Waals surface area contributed by atoms with Crippen LogP contribution < -0.4 is 0 Å². The number of aliphatic hydroxyl groups excluding tert-OH is 1. The third-order valence-corrected chi connectivity index (χ3v) is 3.97. The van der Waals surface area contributed by atoms with Gasteiger partial charge in [0.15, 0.2) is 0 Å². The molecule has 0 radical (unpaired) electrons. The first-order chi connectivity index (χ1) is 8.15. The number of amides is 2. The summed E-state index contributed by atoms with van der Waals surface area (Å²) in [5, 5.41) is 9.42. The molecule has 0 aromatic rings. The second kappa shape index (κ2) is 3.98. The molecule has 0 spiro atoms. The van der Waals surface area contributed by atoms with Crippen molar-refractivity contribution >= 4 is 11.8 Å². The van der Waals surface area contributed by atoms with Crippen molar-refractivity contribution in [2.45, 2.75) is 37.8 Å². The van der Waals surface area contributed by atoms with Crippen LogP contribution in [0.3, 0.4) is 0 Å². The van der Waals surface area contributed by atoms with Gasteiger partial charge < -0.3 is 14.9 Å². The van der Waals surface area contributed by atoms with Gasteiger partial charge >= 0.3 is 0 Å². The molecular weight excluding hydrogens is 220 g/mol. The van der Waals surface area contributed by atoms with Gasteiger partial charge in [0.1, 0.15) is 0 Å². The Labute approximate surface area is 100 Å². The second-order valence-electron chi connectivity index (χ2n) is 5.41. The Balaban J connectivity index is 1.61. The summed E-state index contributed by atoms with van der Waals surface area (Å²) in [5.41, 5.74) is 0. The maximum Gasteiger partial charge on any atom is 0.228 e. The van der Waals surface area contributed by atoms with Gasteiger partial charge in [-0.15, -0.1) is 0 Å². The van der Waals surface area contributed by atoms with Crippen LogP contribution in [0, 0.1) is 5.92 Å². The van der Waals surface area contributed by atoms with Crippen LogP contribution >= 0.6 is 0 Å². The summed E-state index contributed by atoms with van der Waals surface area (Å²) in [6.45, 7) is 1.66. The summed E-state index contributed by atoms with van der Waals surface area (Å²) in [5.74, 6) is 0.0112. The van der Waals surface area contributed by atoms with Crippen LogP contribution in [0.2, 0.25) is 0 Å². The summed E-state index contributed by atoms with van der Waals surface area (Å²) in [4.78, 5) is 27.5. The van der Waals surface area contributed by atoms with Gasteiger partial charge in [-0.25, -0.2) is 0 Å². The van der Waals surface area contributed by atoms with E-state index in [9.17, 15) is 14.7 Å². The Morgan fingerprint density at radius 1 is 1.24 bits per heavy atom. The molecular formula is C12H18N2O3. The largest absolute Gasteiger partial charge is 0.391 e. The van der Waals surface area contributed by atoms with Crippen LogP contribution in [0.4, 0.5) is 0 Å². The number of rotatable bonds is 2. The van der Waals surface area contributed by atoms with E-state index in [2.05, 4.69) is 0 Å². The van der Waals surface area contributed by atoms with Crippen molar-refractivity contribution in [2.24, 2.45) is 5.92 Å². The zero-order chi connectivity index (χ0) is 12.0. The van der Waals surface area contributed by atoms with Gasteiger partial charge in [0.25, 0.3) is 0 Å². The van der Waals surface area contributed by atoms with Crippen molar-refractivity contribution < 1.29 is 14.7 Å². The minimum absolute atomic E-state index is 0.0538. The van der Waals surface area contributed by atoms with Gasteiger partial charge in [0.2, 0.25) is 11.8 Å². The van der Waals surface area contributed by atoms with Crippen molar-refractivity contribution in [3.63, 3.8) is 0 Å². The van der Waals surface area contributed by atoms with Crippen molar-refractivity contribution in [3.05, 3.63) is 0 Å². The fourth-order valence-corrected chi connectivity index (χ4v) is 2.84. The number of hydrogen-bond donors (Lipinski definition) is 1. The minimum atomic E-state index is -0.379. The van der Waals surface area contributed by atoms with Crippen molar-refractivity contribution in [1.29, 1.82) is 0 Å². The predicted octanol–water partition coefficient (Wildman–Crippen LogP) is -0.409. The average Bonchev–Trinajstić information content (AvgIpc) is 2.94. The highest BCUT2D eigenvalue weighted by Gasteiger charge is 2.43. The molecule has 0 aromatic heterocycles. The molecule has 3 rings (SSSR count). The fraction of sp³-hybridized carbons (Fsp3) is 0.833. The van der Waals surface area contributed by atoms with Crippen LogP contribution in [-0.4, -0.2) is 58.5 Å². The lowest BCUT2D eigenvalue weighted by Gasteiger charge is -2.20. The number of carbonyl (C=O) groups excluding carboxylic acids is 2. The summed E-state index contributed by atoms with van der Waals surface area (Å²) >= 11 is 0. The molecule has 5 nitrogen and oxygen atoms in total. The molecule has 5 heteroatoms. The number of aliphatic hydroxyl groups is 1. The van der Waals surface area contributed by atoms with E-state index < -0.39 is 0 Å². The fourth-order valence-electron chi connectivity index (χ4n) is 2.84. The van der Waals surface area contributed by atoms with Crippen LogP contribution in [0.1, 0.15) is 25.7 Å². The lowest BCUT2D eigenvalue weighted by Crippen LogP contribution is -2.36. The van der Waals surface area contributed by atoms with E-state index >= 15 is 0 Å². The molecule has 2 atom stereocenters. The Kier molecular flexibility index (Phi) is 2.58. The van der Waals surface area contributed by atoms with Gasteiger partial charge in [0, 0.05) is 32.1 Å². The van der Waals surface area contributed by atoms with E-state index in [4.69, 9.17) is 0 Å². The van der Waals surface area contributed by atoms with Gasteiger partial charge in [-0.2, -0.15) is 0 Å². The zero-order valence-corrected chi connectivity index (χ0v) is 9.84. The van der Waals surface area contributed by atoms with E-state index in [0.717, 1.165) is 12.8 Å². The van der Waals surface area contributed by atoms with E-state index in [1.165, 1.54) is 0 Å². The topological polar surface area (TPSA) is 60.9 Å². The molecule has 0 aromatic carbocycles. The number of hydrogen-bond acceptors (Lipinski definition) is 3. The number of β-amino-alcohol motifs (C(OH)–C–C–N with tert-alkyl or cyclic N) is 1. The molecule has 3 fully saturated rings. The molecule has 1 aliphatic carbocycles. The summed E-state index contributed by atoms with van der Waals surface area (Å²) in [6, 6.07) is 0.407. The minimum Gasteiger partial charge on any atom is -0.391 e. The van der Waals surface area contributed by atoms with Crippen LogP contribution in [-0.2, 0) is 9.59 Å². The quantitative estimate of drug-likeness (QED) is 0.711. The monoisotopic (exact) mass is 238 g/mol. The van der Waals surface area contributed by atoms with Crippen molar-refractivity contribution in [1.82, 2.24) is 9.80 Å². The predicted molar refractivity (Wildman–Crippen MR) is 60.0 cm³/mol. The first-order valence-electron chi connectivity index (χ1n) is 6.41. The number of nitrogens with zero attached hydrogens (tertiary/aromatic N) is 2. The zero-order valence-electron chi connectivity index (χ0n) is 9.84. The lowest BCUT2D eigenvalue weighted by molar-refractivity contribution is -0.135. The molecule has 2 amide bonds. The van der Waals surface area contributed by atoms with E-state index in [1.807, 2.05) is 4.90 Å². The standard InChI is InChI=1S/C12H18N2O3/c15-10-3-4-13(7-10)12(17)8-5-11(16)14(6-8)9-1-2-9/h8-10,15H,1-7H2/t8?,10-/m1/s1. The second-order valence-corrected chi connectivity index (χ2v) is 5.41. The van der Waals surface area contributed by atoms with Gasteiger partial charge in [-0.1, -0.05) is 0 Å². The Bertz CT molecular complexity index is 354. The van der Waals surface area contributed by atoms with Crippen LogP contribution in [0.15, 0.2) is 0 Å². The van der Waals surface area contributed by atoms with E-state index in [-0.39, 0.29) is 23.8 Å².